The number of aryl methyl sites for hydroxylation is 2. The molecule has 3 unspecified atom stereocenters. The molecule has 6 nitrogen and oxygen atoms in total. The Morgan fingerprint density at radius 2 is 2.11 bits per heavy atom. The van der Waals surface area contributed by atoms with Crippen molar-refractivity contribution in [2.24, 2.45) is 18.9 Å². The third-order valence-corrected chi connectivity index (χ3v) is 3.94. The number of nitrogens with zero attached hydrogens (tertiary/aromatic N) is 3. The van der Waals surface area contributed by atoms with Gasteiger partial charge in [-0.25, -0.2) is 0 Å². The maximum Gasteiger partial charge on any atom is 0.308 e. The van der Waals surface area contributed by atoms with Crippen LogP contribution in [0.15, 0.2) is 6.07 Å². The number of carbonyl (C=O) groups excluding carboxylic acids is 1. The first-order valence-corrected chi connectivity index (χ1v) is 6.38. The normalized spacial score (nSPS) is 27.7. The van der Waals surface area contributed by atoms with Gasteiger partial charge in [0.25, 0.3) is 0 Å². The van der Waals surface area contributed by atoms with Crippen molar-refractivity contribution in [3.05, 3.63) is 11.8 Å². The van der Waals surface area contributed by atoms with Gasteiger partial charge in [-0.3, -0.25) is 19.2 Å². The molecule has 1 fully saturated rings. The van der Waals surface area contributed by atoms with Crippen molar-refractivity contribution >= 4 is 17.7 Å². The summed E-state index contributed by atoms with van der Waals surface area (Å²) in [6, 6.07) is 1.42. The summed E-state index contributed by atoms with van der Waals surface area (Å²) in [6.45, 7) is 5.48. The lowest BCUT2D eigenvalue weighted by molar-refractivity contribution is -0.146. The van der Waals surface area contributed by atoms with E-state index in [1.165, 1.54) is 4.90 Å². The number of hydrogen-bond acceptors (Lipinski definition) is 3. The van der Waals surface area contributed by atoms with Crippen LogP contribution in [0.3, 0.4) is 0 Å². The van der Waals surface area contributed by atoms with Crippen molar-refractivity contribution in [2.45, 2.75) is 33.2 Å². The second kappa shape index (κ2) is 4.68. The molecule has 6 heteroatoms. The monoisotopic (exact) mass is 265 g/mol. The molecule has 2 heterocycles. The molecule has 0 spiro atoms. The number of piperidine rings is 1. The number of aromatic nitrogens is 2. The summed E-state index contributed by atoms with van der Waals surface area (Å²) in [6.07, 6.45) is 0.247. The van der Waals surface area contributed by atoms with Crippen LogP contribution in [-0.2, 0) is 16.6 Å². The first-order valence-electron chi connectivity index (χ1n) is 6.38. The number of hydrogen-bond donors (Lipinski definition) is 1. The van der Waals surface area contributed by atoms with Crippen LogP contribution in [0.5, 0.6) is 0 Å². The van der Waals surface area contributed by atoms with Gasteiger partial charge in [0.1, 0.15) is 0 Å². The Bertz CT molecular complexity index is 504. The Kier molecular flexibility index (Phi) is 3.34. The van der Waals surface area contributed by atoms with E-state index in [0.29, 0.717) is 5.82 Å². The van der Waals surface area contributed by atoms with E-state index in [0.717, 1.165) is 5.69 Å². The van der Waals surface area contributed by atoms with Crippen LogP contribution in [0, 0.1) is 18.8 Å². The van der Waals surface area contributed by atoms with Crippen LogP contribution in [-0.4, -0.2) is 32.8 Å². The van der Waals surface area contributed by atoms with Gasteiger partial charge >= 0.3 is 5.97 Å². The quantitative estimate of drug-likeness (QED) is 0.871. The van der Waals surface area contributed by atoms with E-state index in [1.54, 1.807) is 18.7 Å². The Balaban J connectivity index is 2.38. The highest BCUT2D eigenvalue weighted by Gasteiger charge is 2.43. The lowest BCUT2D eigenvalue weighted by atomic mass is 9.81. The fourth-order valence-corrected chi connectivity index (χ4v) is 2.81. The predicted molar refractivity (Wildman–Crippen MR) is 69.8 cm³/mol. The summed E-state index contributed by atoms with van der Waals surface area (Å²) in [5.74, 6) is -1.09. The maximum absolute atomic E-state index is 12.2. The lowest BCUT2D eigenvalue weighted by Gasteiger charge is -2.39. The number of carboxylic acids is 1. The van der Waals surface area contributed by atoms with Crippen LogP contribution in [0.1, 0.15) is 26.0 Å². The molecule has 2 rings (SSSR count). The zero-order valence-electron chi connectivity index (χ0n) is 11.6. The highest BCUT2D eigenvalue weighted by atomic mass is 16.4. The predicted octanol–water partition coefficient (Wildman–Crippen LogP) is 1.19. The molecule has 3 atom stereocenters. The number of rotatable bonds is 2. The summed E-state index contributed by atoms with van der Waals surface area (Å²) in [4.78, 5) is 25.1. The van der Waals surface area contributed by atoms with Gasteiger partial charge in [-0.2, -0.15) is 5.10 Å². The minimum Gasteiger partial charge on any atom is -0.481 e. The van der Waals surface area contributed by atoms with Crippen LogP contribution in [0.25, 0.3) is 0 Å². The molecule has 1 aliphatic heterocycles. The van der Waals surface area contributed by atoms with Crippen LogP contribution in [0.2, 0.25) is 0 Å². The SMILES string of the molecule is Cc1cc(N2C(=O)CC(C)C(C(=O)O)C2C)nn1C. The van der Waals surface area contributed by atoms with Crippen molar-refractivity contribution in [1.29, 1.82) is 0 Å². The average molecular weight is 265 g/mol. The first kappa shape index (κ1) is 13.6. The average Bonchev–Trinajstić information content (AvgIpc) is 2.57. The maximum atomic E-state index is 12.2. The molecular weight excluding hydrogens is 246 g/mol. The van der Waals surface area contributed by atoms with Crippen molar-refractivity contribution in [3.8, 4) is 0 Å². The lowest BCUT2D eigenvalue weighted by Crippen LogP contribution is -2.53. The van der Waals surface area contributed by atoms with Crippen LogP contribution in [0.4, 0.5) is 5.82 Å². The Hall–Kier alpha value is -1.85. The number of carboxylic acid groups (broad SMARTS) is 1. The molecule has 104 valence electrons. The molecule has 19 heavy (non-hydrogen) atoms. The van der Waals surface area contributed by atoms with E-state index in [2.05, 4.69) is 5.10 Å². The van der Waals surface area contributed by atoms with Gasteiger partial charge in [0.15, 0.2) is 5.82 Å². The van der Waals surface area contributed by atoms with E-state index in [9.17, 15) is 14.7 Å². The topological polar surface area (TPSA) is 75.4 Å². The van der Waals surface area contributed by atoms with Gasteiger partial charge < -0.3 is 5.11 Å². The molecule has 0 bridgehead atoms. The van der Waals surface area contributed by atoms with Crippen molar-refractivity contribution < 1.29 is 14.7 Å². The fourth-order valence-electron chi connectivity index (χ4n) is 2.81. The van der Waals surface area contributed by atoms with Gasteiger partial charge in [-0.15, -0.1) is 0 Å². The first-order chi connectivity index (χ1) is 8.82. The summed E-state index contributed by atoms with van der Waals surface area (Å²) >= 11 is 0. The van der Waals surface area contributed by atoms with Gasteiger partial charge in [-0.1, -0.05) is 6.92 Å². The third kappa shape index (κ3) is 2.22. The zero-order valence-corrected chi connectivity index (χ0v) is 11.6. The van der Waals surface area contributed by atoms with Crippen molar-refractivity contribution in [1.82, 2.24) is 9.78 Å². The number of anilines is 1. The van der Waals surface area contributed by atoms with Gasteiger partial charge in [0.2, 0.25) is 5.91 Å². The second-order valence-electron chi connectivity index (χ2n) is 5.32. The van der Waals surface area contributed by atoms with Crippen molar-refractivity contribution in [2.75, 3.05) is 4.90 Å². The molecule has 1 aliphatic rings. The molecule has 1 saturated heterocycles. The summed E-state index contributed by atoms with van der Waals surface area (Å²) in [7, 11) is 1.80. The van der Waals surface area contributed by atoms with E-state index in [4.69, 9.17) is 0 Å². The van der Waals surface area contributed by atoms with Gasteiger partial charge in [-0.05, 0) is 19.8 Å². The number of aliphatic carboxylic acids is 1. The van der Waals surface area contributed by atoms with Crippen LogP contribution >= 0.6 is 0 Å². The molecule has 1 N–H and O–H groups in total. The van der Waals surface area contributed by atoms with E-state index in [1.807, 2.05) is 19.9 Å². The molecule has 0 saturated carbocycles. The summed E-state index contributed by atoms with van der Waals surface area (Å²) < 4.78 is 1.68. The van der Waals surface area contributed by atoms with E-state index in [-0.39, 0.29) is 24.3 Å². The number of carbonyl (C=O) groups is 2. The molecule has 1 amide bonds. The summed E-state index contributed by atoms with van der Waals surface area (Å²) in [5, 5.41) is 13.6. The second-order valence-corrected chi connectivity index (χ2v) is 5.32. The van der Waals surface area contributed by atoms with Crippen molar-refractivity contribution in [3.63, 3.8) is 0 Å². The fraction of sp³-hybridized carbons (Fsp3) is 0.615. The minimum absolute atomic E-state index is 0.0596. The van der Waals surface area contributed by atoms with Gasteiger partial charge in [0, 0.05) is 31.3 Å². The Labute approximate surface area is 112 Å². The standard InChI is InChI=1S/C13H19N3O3/c1-7-5-11(17)16(9(3)12(7)13(18)19)10-6-8(2)15(4)14-10/h6-7,9,12H,5H2,1-4H3,(H,18,19). The molecule has 0 aliphatic carbocycles. The highest BCUT2D eigenvalue weighted by Crippen LogP contribution is 2.33. The largest absolute Gasteiger partial charge is 0.481 e. The van der Waals surface area contributed by atoms with Gasteiger partial charge in [0.05, 0.1) is 5.92 Å². The molecule has 0 aromatic carbocycles. The highest BCUT2D eigenvalue weighted by molar-refractivity contribution is 5.95. The zero-order chi connectivity index (χ0) is 14.3. The molecular formula is C13H19N3O3. The molecule has 1 aromatic heterocycles. The molecule has 0 radical (unpaired) electrons. The third-order valence-electron chi connectivity index (χ3n) is 3.94. The number of amides is 1. The Morgan fingerprint density at radius 1 is 1.47 bits per heavy atom. The van der Waals surface area contributed by atoms with Crippen LogP contribution < -0.4 is 4.90 Å². The molecule has 1 aromatic rings. The Morgan fingerprint density at radius 3 is 2.58 bits per heavy atom. The summed E-state index contributed by atoms with van der Waals surface area (Å²) in [5.41, 5.74) is 0.931. The van der Waals surface area contributed by atoms with E-state index >= 15 is 0 Å². The minimum atomic E-state index is -0.856. The van der Waals surface area contributed by atoms with E-state index < -0.39 is 11.9 Å². The smallest absolute Gasteiger partial charge is 0.308 e.